The van der Waals surface area contributed by atoms with Gasteiger partial charge in [-0.05, 0) is 11.8 Å². The second-order valence-corrected chi connectivity index (χ2v) is 7.81. The van der Waals surface area contributed by atoms with Gasteiger partial charge < -0.3 is 24.7 Å². The summed E-state index contributed by atoms with van der Waals surface area (Å²) in [6.07, 6.45) is 5.80. The number of carbonyl (C=O) groups is 4. The lowest BCUT2D eigenvalue weighted by atomic mass is 9.87. The van der Waals surface area contributed by atoms with E-state index in [0.29, 0.717) is 31.2 Å². The number of nitrogens with one attached hydrogen (secondary N) is 2. The normalized spacial score (nSPS) is 17.7. The van der Waals surface area contributed by atoms with Crippen LogP contribution in [0.4, 0.5) is 0 Å². The van der Waals surface area contributed by atoms with E-state index < -0.39 is 12.1 Å². The Morgan fingerprint density at radius 2 is 2.25 bits per heavy atom. The van der Waals surface area contributed by atoms with Gasteiger partial charge in [0.2, 0.25) is 11.8 Å². The highest BCUT2D eigenvalue weighted by molar-refractivity contribution is 5.91. The molecule has 9 heteroatoms. The number of aromatic nitrogens is 2. The summed E-state index contributed by atoms with van der Waals surface area (Å²) in [5.74, 6) is -0.861. The molecule has 1 fully saturated rings. The minimum Gasteiger partial charge on any atom is -0.444 e. The standard InChI is InChI=1S/C19H28N4O5/c1-4-19(2,3)8-17(26)28-12-23-11-20-9-14(23)7-13(10-24)21-18(27)15-5-6-16(25)22-15/h9-11,13,15H,4-8,12H2,1-3H3,(H,21,27)(H,22,25). The zero-order chi connectivity index (χ0) is 20.7. The second kappa shape index (κ2) is 9.48. The third-order valence-electron chi connectivity index (χ3n) is 4.98. The van der Waals surface area contributed by atoms with E-state index in [4.69, 9.17) is 4.74 Å². The Balaban J connectivity index is 1.89. The first-order chi connectivity index (χ1) is 13.2. The largest absolute Gasteiger partial charge is 0.444 e. The third kappa shape index (κ3) is 6.17. The highest BCUT2D eigenvalue weighted by atomic mass is 16.5. The molecule has 9 nitrogen and oxygen atoms in total. The number of aldehydes is 1. The Morgan fingerprint density at radius 1 is 1.50 bits per heavy atom. The van der Waals surface area contributed by atoms with Gasteiger partial charge in [-0.2, -0.15) is 0 Å². The number of hydrogen-bond donors (Lipinski definition) is 2. The predicted molar refractivity (Wildman–Crippen MR) is 99.9 cm³/mol. The topological polar surface area (TPSA) is 119 Å². The van der Waals surface area contributed by atoms with Gasteiger partial charge in [-0.25, -0.2) is 4.98 Å². The second-order valence-electron chi connectivity index (χ2n) is 7.81. The van der Waals surface area contributed by atoms with Crippen LogP contribution in [0.5, 0.6) is 0 Å². The van der Waals surface area contributed by atoms with Crippen LogP contribution in [-0.2, 0) is 37.1 Å². The van der Waals surface area contributed by atoms with E-state index in [2.05, 4.69) is 15.6 Å². The molecule has 1 aliphatic heterocycles. The molecule has 2 rings (SSSR count). The molecule has 0 radical (unpaired) electrons. The van der Waals surface area contributed by atoms with Gasteiger partial charge in [0, 0.05) is 24.7 Å². The monoisotopic (exact) mass is 392 g/mol. The summed E-state index contributed by atoms with van der Waals surface area (Å²) in [5, 5.41) is 5.20. The first kappa shape index (κ1) is 21.6. The van der Waals surface area contributed by atoms with Crippen molar-refractivity contribution >= 4 is 24.1 Å². The Bertz CT molecular complexity index is 728. The predicted octanol–water partition coefficient (Wildman–Crippen LogP) is 0.715. The molecule has 0 bridgehead atoms. The average Bonchev–Trinajstić information content (AvgIpc) is 3.27. The van der Waals surface area contributed by atoms with Crippen molar-refractivity contribution in [3.05, 3.63) is 18.2 Å². The van der Waals surface area contributed by atoms with E-state index in [1.54, 1.807) is 10.8 Å². The molecule has 0 aliphatic carbocycles. The van der Waals surface area contributed by atoms with Crippen molar-refractivity contribution in [3.63, 3.8) is 0 Å². The van der Waals surface area contributed by atoms with E-state index in [1.165, 1.54) is 6.33 Å². The highest BCUT2D eigenvalue weighted by Gasteiger charge is 2.28. The smallest absolute Gasteiger partial charge is 0.308 e. The summed E-state index contributed by atoms with van der Waals surface area (Å²) in [4.78, 5) is 50.9. The van der Waals surface area contributed by atoms with Crippen LogP contribution >= 0.6 is 0 Å². The van der Waals surface area contributed by atoms with E-state index in [1.807, 2.05) is 20.8 Å². The molecule has 2 amide bonds. The number of amides is 2. The Hall–Kier alpha value is -2.71. The van der Waals surface area contributed by atoms with E-state index >= 15 is 0 Å². The van der Waals surface area contributed by atoms with Crippen LogP contribution in [0, 0.1) is 5.41 Å². The SMILES string of the molecule is CCC(C)(C)CC(=O)OCn1cncc1CC(C=O)NC(=O)C1CCC(=O)N1. The number of ether oxygens (including phenoxy) is 1. The first-order valence-corrected chi connectivity index (χ1v) is 9.43. The minimum absolute atomic E-state index is 0.00777. The van der Waals surface area contributed by atoms with Crippen LogP contribution in [0.25, 0.3) is 0 Å². The van der Waals surface area contributed by atoms with Crippen molar-refractivity contribution in [2.75, 3.05) is 0 Å². The fourth-order valence-electron chi connectivity index (χ4n) is 2.80. The molecule has 1 aromatic rings. The lowest BCUT2D eigenvalue weighted by molar-refractivity contribution is -0.150. The molecule has 1 aromatic heterocycles. The Labute approximate surface area is 164 Å². The molecule has 2 heterocycles. The van der Waals surface area contributed by atoms with Crippen molar-refractivity contribution in [3.8, 4) is 0 Å². The van der Waals surface area contributed by atoms with Gasteiger partial charge in [0.05, 0.1) is 18.8 Å². The van der Waals surface area contributed by atoms with Crippen molar-refractivity contribution in [2.45, 2.75) is 71.7 Å². The molecule has 0 saturated carbocycles. The van der Waals surface area contributed by atoms with Gasteiger partial charge in [0.15, 0.2) is 6.73 Å². The molecule has 154 valence electrons. The van der Waals surface area contributed by atoms with Crippen LogP contribution in [0.3, 0.4) is 0 Å². The zero-order valence-corrected chi connectivity index (χ0v) is 16.6. The highest BCUT2D eigenvalue weighted by Crippen LogP contribution is 2.24. The van der Waals surface area contributed by atoms with E-state index in [-0.39, 0.29) is 36.4 Å². The number of nitrogens with zero attached hydrogens (tertiary/aromatic N) is 2. The average molecular weight is 392 g/mol. The van der Waals surface area contributed by atoms with Crippen LogP contribution in [0.1, 0.15) is 52.1 Å². The van der Waals surface area contributed by atoms with Crippen molar-refractivity contribution in [1.82, 2.24) is 20.2 Å². The molecule has 1 aliphatic rings. The summed E-state index contributed by atoms with van der Waals surface area (Å²) in [6, 6.07) is -1.38. The number of rotatable bonds is 10. The Morgan fingerprint density at radius 3 is 2.86 bits per heavy atom. The first-order valence-electron chi connectivity index (χ1n) is 9.43. The summed E-state index contributed by atoms with van der Waals surface area (Å²) in [5.41, 5.74) is 0.521. The van der Waals surface area contributed by atoms with Gasteiger partial charge in [-0.3, -0.25) is 14.4 Å². The lowest BCUT2D eigenvalue weighted by Gasteiger charge is -2.21. The molecule has 28 heavy (non-hydrogen) atoms. The molecule has 2 unspecified atom stereocenters. The fraction of sp³-hybridized carbons (Fsp3) is 0.632. The summed E-state index contributed by atoms with van der Waals surface area (Å²) in [7, 11) is 0. The summed E-state index contributed by atoms with van der Waals surface area (Å²) >= 11 is 0. The van der Waals surface area contributed by atoms with Gasteiger partial charge in [-0.1, -0.05) is 27.2 Å². The van der Waals surface area contributed by atoms with Crippen LogP contribution in [0.2, 0.25) is 0 Å². The van der Waals surface area contributed by atoms with Gasteiger partial charge in [0.1, 0.15) is 12.3 Å². The quantitative estimate of drug-likeness (QED) is 0.447. The summed E-state index contributed by atoms with van der Waals surface area (Å²) < 4.78 is 6.94. The number of imidazole rings is 1. The summed E-state index contributed by atoms with van der Waals surface area (Å²) in [6.45, 7) is 6.01. The number of carbonyl (C=O) groups excluding carboxylic acids is 4. The number of hydrogen-bond acceptors (Lipinski definition) is 6. The molecular formula is C19H28N4O5. The molecule has 1 saturated heterocycles. The van der Waals surface area contributed by atoms with Gasteiger partial charge in [0.25, 0.3) is 0 Å². The molecule has 0 aromatic carbocycles. The number of esters is 1. The zero-order valence-electron chi connectivity index (χ0n) is 16.6. The van der Waals surface area contributed by atoms with E-state index in [0.717, 1.165) is 6.42 Å². The molecule has 0 spiro atoms. The molecule has 2 N–H and O–H groups in total. The Kier molecular flexibility index (Phi) is 7.31. The molecule has 2 atom stereocenters. The third-order valence-corrected chi connectivity index (χ3v) is 4.98. The maximum atomic E-state index is 12.2. The van der Waals surface area contributed by atoms with Gasteiger partial charge >= 0.3 is 5.97 Å². The molecular weight excluding hydrogens is 364 g/mol. The van der Waals surface area contributed by atoms with Crippen LogP contribution < -0.4 is 10.6 Å². The van der Waals surface area contributed by atoms with Crippen molar-refractivity contribution in [1.29, 1.82) is 0 Å². The minimum atomic E-state index is -0.768. The van der Waals surface area contributed by atoms with Crippen molar-refractivity contribution < 1.29 is 23.9 Å². The fourth-order valence-corrected chi connectivity index (χ4v) is 2.80. The van der Waals surface area contributed by atoms with Crippen LogP contribution in [0.15, 0.2) is 12.5 Å². The van der Waals surface area contributed by atoms with Gasteiger partial charge in [-0.15, -0.1) is 0 Å². The van der Waals surface area contributed by atoms with Crippen molar-refractivity contribution in [2.24, 2.45) is 5.41 Å². The maximum Gasteiger partial charge on any atom is 0.308 e. The van der Waals surface area contributed by atoms with E-state index in [9.17, 15) is 19.2 Å². The maximum absolute atomic E-state index is 12.2. The lowest BCUT2D eigenvalue weighted by Crippen LogP contribution is -2.47. The van der Waals surface area contributed by atoms with Crippen LogP contribution in [-0.4, -0.2) is 45.7 Å².